The van der Waals surface area contributed by atoms with Crippen molar-refractivity contribution in [3.05, 3.63) is 18.0 Å². The van der Waals surface area contributed by atoms with Crippen LogP contribution in [-0.2, 0) is 17.8 Å². The molecule has 0 aliphatic carbocycles. The maximum Gasteiger partial charge on any atom is 0.0826 e. The molecule has 1 unspecified atom stereocenters. The summed E-state index contributed by atoms with van der Waals surface area (Å²) in [5, 5.41) is 7.47. The standard InChI is InChI=1S/C12H22N4O/c1-3-16-11(4-5-14-16)9-15-6-7-17-12(10-15)8-13-2/h4-5,12-13H,3,6-10H2,1-2H3. The molecular formula is C12H22N4O. The predicted octanol–water partition coefficient (Wildman–Crippen LogP) is 0.323. The van der Waals surface area contributed by atoms with Crippen LogP contribution in [0.1, 0.15) is 12.6 Å². The molecule has 2 rings (SSSR count). The lowest BCUT2D eigenvalue weighted by Crippen LogP contribution is -2.45. The second-order valence-corrected chi connectivity index (χ2v) is 4.42. The third-order valence-corrected chi connectivity index (χ3v) is 3.14. The summed E-state index contributed by atoms with van der Waals surface area (Å²) in [6, 6.07) is 2.10. The van der Waals surface area contributed by atoms with Crippen LogP contribution in [-0.4, -0.2) is 54.1 Å². The van der Waals surface area contributed by atoms with Crippen molar-refractivity contribution in [1.82, 2.24) is 20.0 Å². The first-order chi connectivity index (χ1) is 8.33. The van der Waals surface area contributed by atoms with Crippen LogP contribution in [0.2, 0.25) is 0 Å². The molecule has 0 amide bonds. The van der Waals surface area contributed by atoms with Gasteiger partial charge in [-0.25, -0.2) is 0 Å². The largest absolute Gasteiger partial charge is 0.374 e. The number of morpholine rings is 1. The Morgan fingerprint density at radius 1 is 1.59 bits per heavy atom. The molecule has 96 valence electrons. The maximum atomic E-state index is 5.70. The van der Waals surface area contributed by atoms with Crippen molar-refractivity contribution in [2.45, 2.75) is 26.1 Å². The van der Waals surface area contributed by atoms with Gasteiger partial charge in [0.25, 0.3) is 0 Å². The summed E-state index contributed by atoms with van der Waals surface area (Å²) in [7, 11) is 1.97. The molecule has 0 bridgehead atoms. The van der Waals surface area contributed by atoms with Crippen LogP contribution in [0.15, 0.2) is 12.3 Å². The summed E-state index contributed by atoms with van der Waals surface area (Å²) in [5.41, 5.74) is 1.29. The second kappa shape index (κ2) is 6.14. The molecule has 0 spiro atoms. The summed E-state index contributed by atoms with van der Waals surface area (Å²) in [6.45, 7) is 7.78. The van der Waals surface area contributed by atoms with E-state index in [1.807, 2.05) is 13.2 Å². The summed E-state index contributed by atoms with van der Waals surface area (Å²) in [6.07, 6.45) is 2.19. The van der Waals surface area contributed by atoms with Crippen LogP contribution in [0.4, 0.5) is 0 Å². The van der Waals surface area contributed by atoms with Gasteiger partial charge in [-0.15, -0.1) is 0 Å². The Hall–Kier alpha value is -0.910. The van der Waals surface area contributed by atoms with E-state index >= 15 is 0 Å². The normalized spacial score (nSPS) is 21.9. The Morgan fingerprint density at radius 3 is 3.24 bits per heavy atom. The summed E-state index contributed by atoms with van der Waals surface area (Å²) in [4.78, 5) is 2.44. The van der Waals surface area contributed by atoms with Gasteiger partial charge in [-0.3, -0.25) is 9.58 Å². The maximum absolute atomic E-state index is 5.70. The zero-order chi connectivity index (χ0) is 12.1. The number of likely N-dealkylation sites (N-methyl/N-ethyl adjacent to an activating group) is 1. The van der Waals surface area contributed by atoms with Crippen LogP contribution in [0.5, 0.6) is 0 Å². The Balaban J connectivity index is 1.90. The van der Waals surface area contributed by atoms with Crippen molar-refractivity contribution >= 4 is 0 Å². The molecule has 1 aromatic heterocycles. The third kappa shape index (κ3) is 3.28. The van der Waals surface area contributed by atoms with Gasteiger partial charge in [0.15, 0.2) is 0 Å². The minimum absolute atomic E-state index is 0.312. The highest BCUT2D eigenvalue weighted by Gasteiger charge is 2.20. The lowest BCUT2D eigenvalue weighted by molar-refractivity contribution is -0.0298. The van der Waals surface area contributed by atoms with E-state index in [9.17, 15) is 0 Å². The number of nitrogens with zero attached hydrogens (tertiary/aromatic N) is 3. The van der Waals surface area contributed by atoms with Gasteiger partial charge < -0.3 is 10.1 Å². The van der Waals surface area contributed by atoms with Crippen molar-refractivity contribution in [1.29, 1.82) is 0 Å². The first-order valence-electron chi connectivity index (χ1n) is 6.32. The average molecular weight is 238 g/mol. The van der Waals surface area contributed by atoms with Crippen LogP contribution >= 0.6 is 0 Å². The van der Waals surface area contributed by atoms with Gasteiger partial charge in [-0.05, 0) is 20.0 Å². The quantitative estimate of drug-likeness (QED) is 0.802. The van der Waals surface area contributed by atoms with Crippen LogP contribution in [0.3, 0.4) is 0 Å². The van der Waals surface area contributed by atoms with E-state index in [2.05, 4.69) is 33.0 Å². The van der Waals surface area contributed by atoms with E-state index in [1.165, 1.54) is 5.69 Å². The molecule has 1 aliphatic rings. The highest BCUT2D eigenvalue weighted by atomic mass is 16.5. The first kappa shape index (κ1) is 12.5. The summed E-state index contributed by atoms with van der Waals surface area (Å²) < 4.78 is 7.76. The number of aromatic nitrogens is 2. The topological polar surface area (TPSA) is 42.3 Å². The number of nitrogens with one attached hydrogen (secondary N) is 1. The van der Waals surface area contributed by atoms with Gasteiger partial charge >= 0.3 is 0 Å². The molecule has 5 nitrogen and oxygen atoms in total. The molecule has 2 heterocycles. The highest BCUT2D eigenvalue weighted by molar-refractivity contribution is 5.00. The van der Waals surface area contributed by atoms with Crippen molar-refractivity contribution in [3.8, 4) is 0 Å². The van der Waals surface area contributed by atoms with Gasteiger partial charge in [-0.2, -0.15) is 5.10 Å². The van der Waals surface area contributed by atoms with Crippen molar-refractivity contribution in [3.63, 3.8) is 0 Å². The first-order valence-corrected chi connectivity index (χ1v) is 6.32. The Bertz CT molecular complexity index is 337. The average Bonchev–Trinajstić information content (AvgIpc) is 2.77. The lowest BCUT2D eigenvalue weighted by Gasteiger charge is -2.32. The van der Waals surface area contributed by atoms with Gasteiger partial charge in [0.05, 0.1) is 18.4 Å². The van der Waals surface area contributed by atoms with E-state index in [4.69, 9.17) is 4.74 Å². The minimum Gasteiger partial charge on any atom is -0.374 e. The highest BCUT2D eigenvalue weighted by Crippen LogP contribution is 2.10. The van der Waals surface area contributed by atoms with E-state index in [1.54, 1.807) is 0 Å². The fraction of sp³-hybridized carbons (Fsp3) is 0.750. The molecule has 1 aromatic rings. The molecule has 1 fully saturated rings. The van der Waals surface area contributed by atoms with Crippen molar-refractivity contribution in [2.24, 2.45) is 0 Å². The molecule has 5 heteroatoms. The zero-order valence-electron chi connectivity index (χ0n) is 10.7. The second-order valence-electron chi connectivity index (χ2n) is 4.42. The van der Waals surface area contributed by atoms with Crippen molar-refractivity contribution < 1.29 is 4.74 Å². The molecule has 1 N–H and O–H groups in total. The number of ether oxygens (including phenoxy) is 1. The van der Waals surface area contributed by atoms with E-state index in [-0.39, 0.29) is 0 Å². The molecule has 1 saturated heterocycles. The molecule has 1 aliphatic heterocycles. The number of rotatable bonds is 5. The van der Waals surface area contributed by atoms with Gasteiger partial charge in [0.1, 0.15) is 0 Å². The lowest BCUT2D eigenvalue weighted by atomic mass is 10.2. The predicted molar refractivity (Wildman–Crippen MR) is 66.8 cm³/mol. The SMILES string of the molecule is CCn1nccc1CN1CCOC(CNC)C1. The minimum atomic E-state index is 0.312. The van der Waals surface area contributed by atoms with Crippen LogP contribution in [0, 0.1) is 0 Å². The summed E-state index contributed by atoms with van der Waals surface area (Å²) >= 11 is 0. The van der Waals surface area contributed by atoms with Gasteiger partial charge in [0.2, 0.25) is 0 Å². The van der Waals surface area contributed by atoms with E-state index in [0.29, 0.717) is 6.10 Å². The fourth-order valence-corrected chi connectivity index (χ4v) is 2.28. The Labute approximate surface area is 103 Å². The van der Waals surface area contributed by atoms with E-state index < -0.39 is 0 Å². The fourth-order valence-electron chi connectivity index (χ4n) is 2.28. The molecule has 0 saturated carbocycles. The van der Waals surface area contributed by atoms with Gasteiger partial charge in [-0.1, -0.05) is 0 Å². The molecule has 0 aromatic carbocycles. The smallest absolute Gasteiger partial charge is 0.0826 e. The van der Waals surface area contributed by atoms with E-state index in [0.717, 1.165) is 39.3 Å². The van der Waals surface area contributed by atoms with Crippen LogP contribution in [0.25, 0.3) is 0 Å². The summed E-state index contributed by atoms with van der Waals surface area (Å²) in [5.74, 6) is 0. The molecule has 1 atom stereocenters. The van der Waals surface area contributed by atoms with Crippen molar-refractivity contribution in [2.75, 3.05) is 33.3 Å². The zero-order valence-corrected chi connectivity index (χ0v) is 10.7. The monoisotopic (exact) mass is 238 g/mol. The molecule has 0 radical (unpaired) electrons. The number of aryl methyl sites for hydroxylation is 1. The molecular weight excluding hydrogens is 216 g/mol. The number of hydrogen-bond donors (Lipinski definition) is 1. The Morgan fingerprint density at radius 2 is 2.47 bits per heavy atom. The Kier molecular flexibility index (Phi) is 4.53. The molecule has 17 heavy (non-hydrogen) atoms. The van der Waals surface area contributed by atoms with Crippen LogP contribution < -0.4 is 5.32 Å². The van der Waals surface area contributed by atoms with Gasteiger partial charge in [0, 0.05) is 38.9 Å². The third-order valence-electron chi connectivity index (χ3n) is 3.14. The number of hydrogen-bond acceptors (Lipinski definition) is 4.